The number of ether oxygens (including phenoxy) is 1. The van der Waals surface area contributed by atoms with Crippen LogP contribution in [0.3, 0.4) is 0 Å². The molecule has 0 aromatic carbocycles. The van der Waals surface area contributed by atoms with Gasteiger partial charge in [-0.15, -0.1) is 0 Å². The number of pyridine rings is 1. The Balaban J connectivity index is 2.82. The summed E-state index contributed by atoms with van der Waals surface area (Å²) in [6.45, 7) is 8.09. The summed E-state index contributed by atoms with van der Waals surface area (Å²) in [5.41, 5.74) is 1.40. The lowest BCUT2D eigenvalue weighted by Gasteiger charge is -2.28. The van der Waals surface area contributed by atoms with E-state index in [-0.39, 0.29) is 11.9 Å². The number of nitrogens with one attached hydrogen (secondary N) is 1. The number of carbonyl (C=O) groups excluding carboxylic acids is 1. The van der Waals surface area contributed by atoms with Gasteiger partial charge in [0, 0.05) is 26.2 Å². The number of rotatable bonds is 8. The second-order valence-corrected chi connectivity index (χ2v) is 4.71. The first-order valence-corrected chi connectivity index (χ1v) is 7.13. The van der Waals surface area contributed by atoms with Crippen molar-refractivity contribution < 1.29 is 9.53 Å². The molecule has 0 saturated carbocycles. The third-order valence-electron chi connectivity index (χ3n) is 3.28. The van der Waals surface area contributed by atoms with Gasteiger partial charge in [0.2, 0.25) is 0 Å². The van der Waals surface area contributed by atoms with Gasteiger partial charge in [0.25, 0.3) is 5.91 Å². The largest absolute Gasteiger partial charge is 0.384 e. The van der Waals surface area contributed by atoms with Crippen LogP contribution in [0, 0.1) is 0 Å². The maximum Gasteiger partial charge on any atom is 0.272 e. The number of hydrogen-bond donors (Lipinski definition) is 1. The van der Waals surface area contributed by atoms with E-state index in [9.17, 15) is 4.79 Å². The minimum Gasteiger partial charge on any atom is -0.384 e. The molecule has 5 heteroatoms. The van der Waals surface area contributed by atoms with Crippen LogP contribution in [0.1, 0.15) is 37.7 Å². The first kappa shape index (κ1) is 16.4. The van der Waals surface area contributed by atoms with Crippen molar-refractivity contribution in [2.45, 2.75) is 33.2 Å². The van der Waals surface area contributed by atoms with Crippen LogP contribution in [-0.4, -0.2) is 48.6 Å². The van der Waals surface area contributed by atoms with Gasteiger partial charge in [-0.3, -0.25) is 4.79 Å². The molecule has 1 atom stereocenters. The van der Waals surface area contributed by atoms with Crippen molar-refractivity contribution in [3.05, 3.63) is 24.0 Å². The van der Waals surface area contributed by atoms with Gasteiger partial charge in [-0.05, 0) is 32.4 Å². The highest BCUT2D eigenvalue weighted by molar-refractivity contribution is 5.92. The summed E-state index contributed by atoms with van der Waals surface area (Å²) in [5, 5.41) is 3.16. The Kier molecular flexibility index (Phi) is 7.01. The summed E-state index contributed by atoms with van der Waals surface area (Å²) in [6.07, 6.45) is 2.60. The van der Waals surface area contributed by atoms with Gasteiger partial charge in [0.1, 0.15) is 5.69 Å². The number of amides is 1. The Bertz CT molecular complexity index is 406. The van der Waals surface area contributed by atoms with E-state index in [1.54, 1.807) is 19.4 Å². The monoisotopic (exact) mass is 279 g/mol. The molecule has 1 aromatic heterocycles. The van der Waals surface area contributed by atoms with Crippen LogP contribution in [0.4, 0.5) is 5.69 Å². The predicted octanol–water partition coefficient (Wildman–Crippen LogP) is 2.40. The number of carbonyl (C=O) groups is 1. The molecular weight excluding hydrogens is 254 g/mol. The maximum absolute atomic E-state index is 12.5. The van der Waals surface area contributed by atoms with Crippen molar-refractivity contribution in [3.63, 3.8) is 0 Å². The van der Waals surface area contributed by atoms with Crippen molar-refractivity contribution in [1.29, 1.82) is 0 Å². The van der Waals surface area contributed by atoms with Gasteiger partial charge in [-0.2, -0.15) is 0 Å². The number of aromatic nitrogens is 1. The molecule has 0 aliphatic rings. The third-order valence-corrected chi connectivity index (χ3v) is 3.28. The summed E-state index contributed by atoms with van der Waals surface area (Å²) >= 11 is 0. The highest BCUT2D eigenvalue weighted by atomic mass is 16.5. The van der Waals surface area contributed by atoms with E-state index >= 15 is 0 Å². The summed E-state index contributed by atoms with van der Waals surface area (Å²) in [6, 6.07) is 3.82. The second-order valence-electron chi connectivity index (χ2n) is 4.71. The van der Waals surface area contributed by atoms with Crippen LogP contribution < -0.4 is 5.32 Å². The molecule has 20 heavy (non-hydrogen) atoms. The zero-order chi connectivity index (χ0) is 15.0. The van der Waals surface area contributed by atoms with Crippen molar-refractivity contribution >= 4 is 11.6 Å². The summed E-state index contributed by atoms with van der Waals surface area (Å²) in [7, 11) is 1.64. The maximum atomic E-state index is 12.5. The second kappa shape index (κ2) is 8.53. The van der Waals surface area contributed by atoms with Gasteiger partial charge >= 0.3 is 0 Å². The van der Waals surface area contributed by atoms with E-state index in [2.05, 4.69) is 17.2 Å². The molecule has 0 aliphatic carbocycles. The smallest absolute Gasteiger partial charge is 0.272 e. The van der Waals surface area contributed by atoms with Gasteiger partial charge in [-0.25, -0.2) is 4.98 Å². The van der Waals surface area contributed by atoms with Crippen LogP contribution in [0.5, 0.6) is 0 Å². The first-order chi connectivity index (χ1) is 9.63. The molecule has 0 aliphatic heterocycles. The molecule has 0 bridgehead atoms. The third kappa shape index (κ3) is 4.49. The molecule has 5 nitrogen and oxygen atoms in total. The molecule has 1 unspecified atom stereocenters. The molecular formula is C15H25N3O2. The molecule has 0 radical (unpaired) electrons. The predicted molar refractivity (Wildman–Crippen MR) is 81.1 cm³/mol. The van der Waals surface area contributed by atoms with Crippen molar-refractivity contribution in [1.82, 2.24) is 9.88 Å². The van der Waals surface area contributed by atoms with Crippen LogP contribution >= 0.6 is 0 Å². The fraction of sp³-hybridized carbons (Fsp3) is 0.600. The first-order valence-electron chi connectivity index (χ1n) is 7.13. The molecule has 1 rings (SSSR count). The standard InChI is InChI=1S/C15H25N3O2/c1-5-12(3)18(9-10-20-4)15(19)14-8-7-13(11-17-14)16-6-2/h7-8,11-12,16H,5-6,9-10H2,1-4H3. The zero-order valence-electron chi connectivity index (χ0n) is 12.8. The fourth-order valence-electron chi connectivity index (χ4n) is 1.91. The normalized spacial score (nSPS) is 12.0. The van der Waals surface area contributed by atoms with Gasteiger partial charge < -0.3 is 15.0 Å². The van der Waals surface area contributed by atoms with Crippen molar-refractivity contribution in [3.8, 4) is 0 Å². The number of nitrogens with zero attached hydrogens (tertiary/aromatic N) is 2. The van der Waals surface area contributed by atoms with E-state index in [4.69, 9.17) is 4.74 Å². The number of methoxy groups -OCH3 is 1. The zero-order valence-corrected chi connectivity index (χ0v) is 12.8. The highest BCUT2D eigenvalue weighted by Crippen LogP contribution is 2.11. The molecule has 1 aromatic rings. The molecule has 0 saturated heterocycles. The van der Waals surface area contributed by atoms with E-state index in [0.29, 0.717) is 18.8 Å². The van der Waals surface area contributed by atoms with Crippen LogP contribution in [0.15, 0.2) is 18.3 Å². The van der Waals surface area contributed by atoms with Crippen LogP contribution in [-0.2, 0) is 4.74 Å². The number of hydrogen-bond acceptors (Lipinski definition) is 4. The average molecular weight is 279 g/mol. The Morgan fingerprint density at radius 3 is 2.70 bits per heavy atom. The summed E-state index contributed by atoms with van der Waals surface area (Å²) < 4.78 is 5.08. The Morgan fingerprint density at radius 2 is 2.20 bits per heavy atom. The number of anilines is 1. The highest BCUT2D eigenvalue weighted by Gasteiger charge is 2.21. The lowest BCUT2D eigenvalue weighted by Crippen LogP contribution is -2.40. The van der Waals surface area contributed by atoms with E-state index in [0.717, 1.165) is 18.7 Å². The molecule has 1 amide bonds. The Labute approximate surface area is 121 Å². The van der Waals surface area contributed by atoms with Gasteiger partial charge in [0.05, 0.1) is 18.5 Å². The lowest BCUT2D eigenvalue weighted by atomic mass is 10.2. The minimum atomic E-state index is -0.0422. The van der Waals surface area contributed by atoms with Crippen molar-refractivity contribution in [2.24, 2.45) is 0 Å². The van der Waals surface area contributed by atoms with E-state index < -0.39 is 0 Å². The van der Waals surface area contributed by atoms with Crippen molar-refractivity contribution in [2.75, 3.05) is 32.1 Å². The Morgan fingerprint density at radius 1 is 1.45 bits per heavy atom. The molecule has 0 spiro atoms. The SMILES string of the molecule is CCNc1ccc(C(=O)N(CCOC)C(C)CC)nc1. The van der Waals surface area contributed by atoms with Gasteiger partial charge in [-0.1, -0.05) is 6.92 Å². The van der Waals surface area contributed by atoms with Crippen LogP contribution in [0.25, 0.3) is 0 Å². The fourth-order valence-corrected chi connectivity index (χ4v) is 1.91. The average Bonchev–Trinajstić information content (AvgIpc) is 2.48. The summed E-state index contributed by atoms with van der Waals surface area (Å²) in [5.74, 6) is -0.0422. The molecule has 0 fully saturated rings. The summed E-state index contributed by atoms with van der Waals surface area (Å²) in [4.78, 5) is 18.6. The lowest BCUT2D eigenvalue weighted by molar-refractivity contribution is 0.0608. The Hall–Kier alpha value is -1.62. The molecule has 112 valence electrons. The molecule has 1 heterocycles. The molecule has 1 N–H and O–H groups in total. The topological polar surface area (TPSA) is 54.5 Å². The van der Waals surface area contributed by atoms with E-state index in [1.165, 1.54) is 0 Å². The van der Waals surface area contributed by atoms with Crippen LogP contribution in [0.2, 0.25) is 0 Å². The van der Waals surface area contributed by atoms with E-state index in [1.807, 2.05) is 24.8 Å². The quantitative estimate of drug-likeness (QED) is 0.794. The van der Waals surface area contributed by atoms with Gasteiger partial charge in [0.15, 0.2) is 0 Å². The minimum absolute atomic E-state index is 0.0422.